The molecule has 6 nitrogen and oxygen atoms in total. The summed E-state index contributed by atoms with van der Waals surface area (Å²) in [6, 6.07) is 14.0. The van der Waals surface area contributed by atoms with Gasteiger partial charge in [-0.3, -0.25) is 14.5 Å². The molecule has 0 aromatic heterocycles. The lowest BCUT2D eigenvalue weighted by atomic mass is 10.1. The molecule has 1 amide bonds. The first-order chi connectivity index (χ1) is 12.9. The lowest BCUT2D eigenvalue weighted by Gasteiger charge is -2.24. The van der Waals surface area contributed by atoms with Gasteiger partial charge in [0.05, 0.1) is 13.2 Å². The van der Waals surface area contributed by atoms with E-state index in [1.165, 1.54) is 6.92 Å². The van der Waals surface area contributed by atoms with Crippen molar-refractivity contribution in [3.8, 4) is 11.5 Å². The number of methoxy groups -OCH3 is 1. The van der Waals surface area contributed by atoms with Crippen LogP contribution in [0.15, 0.2) is 48.5 Å². The van der Waals surface area contributed by atoms with E-state index in [1.807, 2.05) is 43.1 Å². The average Bonchev–Trinajstić information content (AvgIpc) is 2.68. The summed E-state index contributed by atoms with van der Waals surface area (Å²) < 4.78 is 11.0. The van der Waals surface area contributed by atoms with Gasteiger partial charge in [0.2, 0.25) is 5.91 Å². The Balaban J connectivity index is 1.83. The third-order valence-corrected chi connectivity index (χ3v) is 4.37. The molecule has 6 heteroatoms. The van der Waals surface area contributed by atoms with Crippen molar-refractivity contribution in [3.63, 3.8) is 0 Å². The van der Waals surface area contributed by atoms with E-state index < -0.39 is 0 Å². The first-order valence-electron chi connectivity index (χ1n) is 8.80. The number of benzene rings is 2. The van der Waals surface area contributed by atoms with Gasteiger partial charge >= 0.3 is 0 Å². The monoisotopic (exact) mass is 370 g/mol. The maximum absolute atomic E-state index is 12.4. The number of ether oxygens (including phenoxy) is 2. The van der Waals surface area contributed by atoms with E-state index in [1.54, 1.807) is 31.4 Å². The second kappa shape index (κ2) is 9.73. The van der Waals surface area contributed by atoms with Gasteiger partial charge in [0, 0.05) is 17.8 Å². The molecule has 1 atom stereocenters. The van der Waals surface area contributed by atoms with Crippen molar-refractivity contribution in [1.29, 1.82) is 0 Å². The molecule has 0 aliphatic heterocycles. The number of anilines is 1. The number of para-hydroxylation sites is 2. The van der Waals surface area contributed by atoms with Crippen molar-refractivity contribution in [1.82, 2.24) is 4.90 Å². The van der Waals surface area contributed by atoms with E-state index in [0.717, 1.165) is 0 Å². The van der Waals surface area contributed by atoms with Crippen LogP contribution in [-0.2, 0) is 4.79 Å². The van der Waals surface area contributed by atoms with E-state index in [-0.39, 0.29) is 17.7 Å². The molecule has 2 aromatic carbocycles. The van der Waals surface area contributed by atoms with Crippen molar-refractivity contribution in [2.45, 2.75) is 19.9 Å². The molecule has 144 valence electrons. The molecular formula is C21H26N2O4. The minimum absolute atomic E-state index is 0.00368. The molecule has 0 bridgehead atoms. The first kappa shape index (κ1) is 20.5. The second-order valence-corrected chi connectivity index (χ2v) is 6.28. The van der Waals surface area contributed by atoms with Crippen LogP contribution in [0.2, 0.25) is 0 Å². The molecule has 0 aliphatic rings. The molecule has 0 heterocycles. The summed E-state index contributed by atoms with van der Waals surface area (Å²) in [5, 5.41) is 2.86. The first-order valence-corrected chi connectivity index (χ1v) is 8.80. The van der Waals surface area contributed by atoms with Crippen LogP contribution in [0.25, 0.3) is 0 Å². The Morgan fingerprint density at radius 3 is 2.30 bits per heavy atom. The quantitative estimate of drug-likeness (QED) is 0.687. The highest BCUT2D eigenvalue weighted by Gasteiger charge is 2.18. The zero-order chi connectivity index (χ0) is 19.8. The standard InChI is InChI=1S/C21H26N2O4/c1-15(21(25)22-18-11-9-17(10-12-18)16(2)24)23(3)13-14-27-20-8-6-5-7-19(20)26-4/h5-12,15H,13-14H2,1-4H3,(H,22,25). The van der Waals surface area contributed by atoms with Crippen LogP contribution in [0.3, 0.4) is 0 Å². The molecule has 0 spiro atoms. The minimum Gasteiger partial charge on any atom is -0.493 e. The Morgan fingerprint density at radius 1 is 1.07 bits per heavy atom. The van der Waals surface area contributed by atoms with E-state index in [2.05, 4.69) is 5.32 Å². The maximum atomic E-state index is 12.4. The van der Waals surface area contributed by atoms with Gasteiger partial charge in [-0.15, -0.1) is 0 Å². The summed E-state index contributed by atoms with van der Waals surface area (Å²) >= 11 is 0. The average molecular weight is 370 g/mol. The van der Waals surface area contributed by atoms with Crippen molar-refractivity contribution < 1.29 is 19.1 Å². The number of carbonyl (C=O) groups is 2. The number of likely N-dealkylation sites (N-methyl/N-ethyl adjacent to an activating group) is 1. The summed E-state index contributed by atoms with van der Waals surface area (Å²) in [5.41, 5.74) is 1.28. The number of Topliss-reactive ketones (excluding diaryl/α,β-unsaturated/α-hetero) is 1. The number of amides is 1. The van der Waals surface area contributed by atoms with E-state index in [4.69, 9.17) is 9.47 Å². The molecule has 2 aromatic rings. The highest BCUT2D eigenvalue weighted by Crippen LogP contribution is 2.25. The summed E-state index contributed by atoms with van der Waals surface area (Å²) in [6.45, 7) is 4.36. The van der Waals surface area contributed by atoms with Gasteiger partial charge in [-0.1, -0.05) is 12.1 Å². The Kier molecular flexibility index (Phi) is 7.37. The van der Waals surface area contributed by atoms with Crippen LogP contribution in [-0.4, -0.2) is 49.9 Å². The van der Waals surface area contributed by atoms with Crippen LogP contribution in [0, 0.1) is 0 Å². The van der Waals surface area contributed by atoms with Gasteiger partial charge < -0.3 is 14.8 Å². The Hall–Kier alpha value is -2.86. The summed E-state index contributed by atoms with van der Waals surface area (Å²) in [7, 11) is 3.47. The van der Waals surface area contributed by atoms with Gasteiger partial charge in [-0.25, -0.2) is 0 Å². The summed E-state index contributed by atoms with van der Waals surface area (Å²) in [4.78, 5) is 25.6. The molecule has 0 aliphatic carbocycles. The Labute approximate surface area is 160 Å². The Bertz CT molecular complexity index is 774. The van der Waals surface area contributed by atoms with E-state index in [0.29, 0.717) is 35.9 Å². The van der Waals surface area contributed by atoms with Gasteiger partial charge in [0.1, 0.15) is 6.61 Å². The summed E-state index contributed by atoms with van der Waals surface area (Å²) in [5.74, 6) is 1.23. The normalized spacial score (nSPS) is 11.7. The van der Waals surface area contributed by atoms with Gasteiger partial charge in [0.15, 0.2) is 17.3 Å². The smallest absolute Gasteiger partial charge is 0.241 e. The van der Waals surface area contributed by atoms with Gasteiger partial charge in [-0.05, 0) is 57.3 Å². The predicted octanol–water partition coefficient (Wildman–Crippen LogP) is 3.24. The number of hydrogen-bond donors (Lipinski definition) is 1. The molecule has 0 saturated heterocycles. The van der Waals surface area contributed by atoms with Crippen molar-refractivity contribution in [2.24, 2.45) is 0 Å². The molecular weight excluding hydrogens is 344 g/mol. The zero-order valence-electron chi connectivity index (χ0n) is 16.2. The van der Waals surface area contributed by atoms with Crippen LogP contribution in [0.5, 0.6) is 11.5 Å². The fourth-order valence-corrected chi connectivity index (χ4v) is 2.47. The molecule has 2 rings (SSSR count). The number of nitrogens with zero attached hydrogens (tertiary/aromatic N) is 1. The van der Waals surface area contributed by atoms with Crippen LogP contribution in [0.1, 0.15) is 24.2 Å². The lowest BCUT2D eigenvalue weighted by molar-refractivity contribution is -0.120. The molecule has 1 N–H and O–H groups in total. The topological polar surface area (TPSA) is 67.9 Å². The van der Waals surface area contributed by atoms with Crippen molar-refractivity contribution >= 4 is 17.4 Å². The molecule has 0 radical (unpaired) electrons. The molecule has 0 fully saturated rings. The highest BCUT2D eigenvalue weighted by atomic mass is 16.5. The van der Waals surface area contributed by atoms with Crippen LogP contribution < -0.4 is 14.8 Å². The fourth-order valence-electron chi connectivity index (χ4n) is 2.47. The van der Waals surface area contributed by atoms with Crippen molar-refractivity contribution in [3.05, 3.63) is 54.1 Å². The summed E-state index contributed by atoms with van der Waals surface area (Å²) in [6.07, 6.45) is 0. The predicted molar refractivity (Wildman–Crippen MR) is 106 cm³/mol. The highest BCUT2D eigenvalue weighted by molar-refractivity contribution is 5.96. The number of ketones is 1. The van der Waals surface area contributed by atoms with E-state index >= 15 is 0 Å². The minimum atomic E-state index is -0.334. The van der Waals surface area contributed by atoms with Gasteiger partial charge in [0.25, 0.3) is 0 Å². The van der Waals surface area contributed by atoms with Crippen molar-refractivity contribution in [2.75, 3.05) is 32.6 Å². The number of nitrogens with one attached hydrogen (secondary N) is 1. The zero-order valence-corrected chi connectivity index (χ0v) is 16.2. The molecule has 27 heavy (non-hydrogen) atoms. The second-order valence-electron chi connectivity index (χ2n) is 6.28. The maximum Gasteiger partial charge on any atom is 0.241 e. The van der Waals surface area contributed by atoms with Gasteiger partial charge in [-0.2, -0.15) is 0 Å². The SMILES string of the molecule is COc1ccccc1OCCN(C)C(C)C(=O)Nc1ccc(C(C)=O)cc1. The van der Waals surface area contributed by atoms with Crippen LogP contribution >= 0.6 is 0 Å². The largest absolute Gasteiger partial charge is 0.493 e. The molecule has 0 saturated carbocycles. The lowest BCUT2D eigenvalue weighted by Crippen LogP contribution is -2.41. The fraction of sp³-hybridized carbons (Fsp3) is 0.333. The van der Waals surface area contributed by atoms with E-state index in [9.17, 15) is 9.59 Å². The number of carbonyl (C=O) groups excluding carboxylic acids is 2. The number of rotatable bonds is 9. The Morgan fingerprint density at radius 2 is 1.70 bits per heavy atom. The van der Waals surface area contributed by atoms with Crippen LogP contribution in [0.4, 0.5) is 5.69 Å². The number of hydrogen-bond acceptors (Lipinski definition) is 5. The third-order valence-electron chi connectivity index (χ3n) is 4.37. The molecule has 1 unspecified atom stereocenters. The third kappa shape index (κ3) is 5.82.